The lowest BCUT2D eigenvalue weighted by molar-refractivity contribution is 0.298. The lowest BCUT2D eigenvalue weighted by Crippen LogP contribution is -2.46. The predicted molar refractivity (Wildman–Crippen MR) is 117 cm³/mol. The Hall–Kier alpha value is -0.390. The van der Waals surface area contributed by atoms with Gasteiger partial charge in [-0.25, -0.2) is 8.42 Å². The van der Waals surface area contributed by atoms with Crippen molar-refractivity contribution in [3.8, 4) is 0 Å². The molecule has 0 spiro atoms. The molecule has 1 aromatic rings. The predicted octanol–water partition coefficient (Wildman–Crippen LogP) is 1.80. The molecule has 0 radical (unpaired) electrons. The molecule has 1 heterocycles. The molecule has 1 aliphatic rings. The standard InChI is InChI=1S/C16H25BrN4O2S.HI/c1-18-16(20(2)13-14-3-5-15(17)6-4-14)19-7-8-21-9-11-24(22,23)12-10-21;/h3-6H,7-13H2,1-2H3,(H,18,19);1H. The van der Waals surface area contributed by atoms with Gasteiger partial charge in [0, 0.05) is 51.3 Å². The second kappa shape index (κ2) is 10.7. The van der Waals surface area contributed by atoms with Gasteiger partial charge in [0.15, 0.2) is 15.8 Å². The van der Waals surface area contributed by atoms with Crippen LogP contribution in [0.2, 0.25) is 0 Å². The molecule has 0 atom stereocenters. The quantitative estimate of drug-likeness (QED) is 0.348. The molecule has 1 aliphatic heterocycles. The second-order valence-corrected chi connectivity index (χ2v) is 9.17. The minimum atomic E-state index is -2.81. The van der Waals surface area contributed by atoms with Crippen molar-refractivity contribution >= 4 is 55.7 Å². The lowest BCUT2D eigenvalue weighted by atomic mass is 10.2. The number of guanidine groups is 1. The molecule has 2 rings (SSSR count). The molecule has 142 valence electrons. The van der Waals surface area contributed by atoms with Gasteiger partial charge in [-0.05, 0) is 17.7 Å². The van der Waals surface area contributed by atoms with Crippen molar-refractivity contribution in [3.05, 3.63) is 34.3 Å². The average molecular weight is 545 g/mol. The SMILES string of the molecule is CN=C(NCCN1CCS(=O)(=O)CC1)N(C)Cc1ccc(Br)cc1.I. The highest BCUT2D eigenvalue weighted by molar-refractivity contribution is 14.0. The highest BCUT2D eigenvalue weighted by Crippen LogP contribution is 2.11. The topological polar surface area (TPSA) is 65.0 Å². The summed E-state index contributed by atoms with van der Waals surface area (Å²) in [4.78, 5) is 8.57. The highest BCUT2D eigenvalue weighted by Gasteiger charge is 2.21. The number of sulfone groups is 1. The van der Waals surface area contributed by atoms with E-state index in [1.54, 1.807) is 7.05 Å². The molecule has 0 aromatic heterocycles. The zero-order valence-electron chi connectivity index (χ0n) is 14.6. The number of hydrogen-bond acceptors (Lipinski definition) is 4. The Morgan fingerprint density at radius 3 is 2.44 bits per heavy atom. The van der Waals surface area contributed by atoms with E-state index in [9.17, 15) is 8.42 Å². The minimum Gasteiger partial charge on any atom is -0.355 e. The molecule has 9 heteroatoms. The first-order chi connectivity index (χ1) is 11.4. The fourth-order valence-corrected chi connectivity index (χ4v) is 4.16. The number of rotatable bonds is 5. The Morgan fingerprint density at radius 2 is 1.88 bits per heavy atom. The van der Waals surface area contributed by atoms with Crippen molar-refractivity contribution in [1.82, 2.24) is 15.1 Å². The molecular formula is C16H26BrIN4O2S. The van der Waals surface area contributed by atoms with Gasteiger partial charge in [-0.15, -0.1) is 24.0 Å². The van der Waals surface area contributed by atoms with Crippen LogP contribution in [0.4, 0.5) is 0 Å². The van der Waals surface area contributed by atoms with Gasteiger partial charge in [0.2, 0.25) is 0 Å². The number of nitrogens with one attached hydrogen (secondary N) is 1. The van der Waals surface area contributed by atoms with Crippen molar-refractivity contribution in [2.45, 2.75) is 6.54 Å². The summed E-state index contributed by atoms with van der Waals surface area (Å²) < 4.78 is 23.9. The van der Waals surface area contributed by atoms with E-state index >= 15 is 0 Å². The van der Waals surface area contributed by atoms with E-state index in [0.29, 0.717) is 13.1 Å². The van der Waals surface area contributed by atoms with Crippen LogP contribution in [0, 0.1) is 0 Å². The Kier molecular flexibility index (Phi) is 9.68. The van der Waals surface area contributed by atoms with Crippen LogP contribution in [0.1, 0.15) is 5.56 Å². The van der Waals surface area contributed by atoms with E-state index in [1.165, 1.54) is 5.56 Å². The van der Waals surface area contributed by atoms with Crippen LogP contribution in [-0.2, 0) is 16.4 Å². The number of hydrogen-bond donors (Lipinski definition) is 1. The first-order valence-electron chi connectivity index (χ1n) is 7.98. The molecule has 0 amide bonds. The van der Waals surface area contributed by atoms with Crippen LogP contribution < -0.4 is 5.32 Å². The van der Waals surface area contributed by atoms with Crippen LogP contribution in [-0.4, -0.2) is 76.0 Å². The Labute approximate surface area is 176 Å². The van der Waals surface area contributed by atoms with Gasteiger partial charge in [-0.3, -0.25) is 9.89 Å². The monoisotopic (exact) mass is 544 g/mol. The molecular weight excluding hydrogens is 519 g/mol. The maximum atomic E-state index is 11.4. The molecule has 0 aliphatic carbocycles. The van der Waals surface area contributed by atoms with Crippen LogP contribution in [0.3, 0.4) is 0 Å². The van der Waals surface area contributed by atoms with Crippen molar-refractivity contribution in [2.24, 2.45) is 4.99 Å². The van der Waals surface area contributed by atoms with E-state index in [1.807, 2.05) is 19.2 Å². The van der Waals surface area contributed by atoms with Crippen molar-refractivity contribution in [3.63, 3.8) is 0 Å². The minimum absolute atomic E-state index is 0. The summed E-state index contributed by atoms with van der Waals surface area (Å²) in [5, 5.41) is 3.34. The van der Waals surface area contributed by atoms with Crippen LogP contribution >= 0.6 is 39.9 Å². The van der Waals surface area contributed by atoms with E-state index < -0.39 is 9.84 Å². The maximum absolute atomic E-state index is 11.4. The number of benzene rings is 1. The van der Waals surface area contributed by atoms with Gasteiger partial charge >= 0.3 is 0 Å². The summed E-state index contributed by atoms with van der Waals surface area (Å²) in [6, 6.07) is 8.23. The van der Waals surface area contributed by atoms with E-state index in [2.05, 4.69) is 48.2 Å². The number of aliphatic imine (C=N–C) groups is 1. The largest absolute Gasteiger partial charge is 0.355 e. The summed E-state index contributed by atoms with van der Waals surface area (Å²) in [6.45, 7) is 3.58. The van der Waals surface area contributed by atoms with E-state index in [0.717, 1.165) is 30.1 Å². The normalized spacial score (nSPS) is 17.6. The fraction of sp³-hybridized carbons (Fsp3) is 0.562. The van der Waals surface area contributed by atoms with Gasteiger partial charge in [0.05, 0.1) is 11.5 Å². The molecule has 0 unspecified atom stereocenters. The summed E-state index contributed by atoms with van der Waals surface area (Å²) in [5.74, 6) is 1.37. The smallest absolute Gasteiger partial charge is 0.193 e. The zero-order valence-corrected chi connectivity index (χ0v) is 19.3. The highest BCUT2D eigenvalue weighted by atomic mass is 127. The first kappa shape index (κ1) is 22.7. The van der Waals surface area contributed by atoms with E-state index in [-0.39, 0.29) is 35.5 Å². The third kappa shape index (κ3) is 7.79. The molecule has 1 N–H and O–H groups in total. The summed E-state index contributed by atoms with van der Waals surface area (Å²) in [5.41, 5.74) is 1.21. The Morgan fingerprint density at radius 1 is 1.28 bits per heavy atom. The molecule has 0 saturated carbocycles. The van der Waals surface area contributed by atoms with Crippen molar-refractivity contribution in [1.29, 1.82) is 0 Å². The molecule has 6 nitrogen and oxygen atoms in total. The second-order valence-electron chi connectivity index (χ2n) is 5.95. The van der Waals surface area contributed by atoms with Gasteiger partial charge in [-0.1, -0.05) is 28.1 Å². The number of halogens is 2. The average Bonchev–Trinajstić information content (AvgIpc) is 2.55. The zero-order chi connectivity index (χ0) is 17.6. The fourth-order valence-electron chi connectivity index (χ4n) is 2.62. The summed E-state index contributed by atoms with van der Waals surface area (Å²) >= 11 is 3.44. The number of nitrogens with zero attached hydrogens (tertiary/aromatic N) is 3. The third-order valence-corrected chi connectivity index (χ3v) is 6.19. The molecule has 1 saturated heterocycles. The summed E-state index contributed by atoms with van der Waals surface area (Å²) in [7, 11) is 0.966. The van der Waals surface area contributed by atoms with Crippen LogP contribution in [0.5, 0.6) is 0 Å². The Bertz CT molecular complexity index is 653. The van der Waals surface area contributed by atoms with Gasteiger partial charge in [0.25, 0.3) is 0 Å². The molecule has 1 fully saturated rings. The van der Waals surface area contributed by atoms with Gasteiger partial charge in [-0.2, -0.15) is 0 Å². The van der Waals surface area contributed by atoms with Crippen molar-refractivity contribution < 1.29 is 8.42 Å². The van der Waals surface area contributed by atoms with E-state index in [4.69, 9.17) is 0 Å². The molecule has 25 heavy (non-hydrogen) atoms. The van der Waals surface area contributed by atoms with Gasteiger partial charge in [0.1, 0.15) is 0 Å². The van der Waals surface area contributed by atoms with Crippen LogP contribution in [0.15, 0.2) is 33.7 Å². The van der Waals surface area contributed by atoms with Crippen LogP contribution in [0.25, 0.3) is 0 Å². The Balaban J connectivity index is 0.00000312. The lowest BCUT2D eigenvalue weighted by Gasteiger charge is -2.28. The molecule has 0 bridgehead atoms. The molecule has 1 aromatic carbocycles. The first-order valence-corrected chi connectivity index (χ1v) is 10.6. The van der Waals surface area contributed by atoms with Crippen molar-refractivity contribution in [2.75, 3.05) is 51.8 Å². The summed E-state index contributed by atoms with van der Waals surface area (Å²) in [6.07, 6.45) is 0. The van der Waals surface area contributed by atoms with Gasteiger partial charge < -0.3 is 10.2 Å². The third-order valence-electron chi connectivity index (χ3n) is 4.05. The maximum Gasteiger partial charge on any atom is 0.193 e.